The van der Waals surface area contributed by atoms with E-state index in [9.17, 15) is 0 Å². The molecule has 1 heterocycles. The molecule has 0 aromatic carbocycles. The van der Waals surface area contributed by atoms with E-state index in [-0.39, 0.29) is 12.0 Å². The van der Waals surface area contributed by atoms with Gasteiger partial charge in [0.15, 0.2) is 0 Å². The average molecular weight is 217 g/mol. The highest BCUT2D eigenvalue weighted by Crippen LogP contribution is 2.13. The van der Waals surface area contributed by atoms with E-state index in [1.807, 2.05) is 6.92 Å². The smallest absolute Gasteiger partial charge is 0.223 e. The van der Waals surface area contributed by atoms with Crippen molar-refractivity contribution in [1.29, 1.82) is 0 Å². The fourth-order valence-corrected chi connectivity index (χ4v) is 1.24. The van der Waals surface area contributed by atoms with Crippen LogP contribution in [-0.2, 0) is 4.74 Å². The van der Waals surface area contributed by atoms with E-state index in [1.165, 1.54) is 0 Å². The predicted octanol–water partition coefficient (Wildman–Crippen LogP) is 1.16. The van der Waals surface area contributed by atoms with Crippen LogP contribution >= 0.6 is 11.6 Å². The van der Waals surface area contributed by atoms with Crippen LogP contribution in [0.3, 0.4) is 0 Å². The predicted molar refractivity (Wildman–Crippen MR) is 56.4 cm³/mol. The molecule has 6 heteroatoms. The maximum Gasteiger partial charge on any atom is 0.223 e. The SMILES string of the molecule is COC[C@@H](C)Nc1cc(Cl)nc(N)n1. The lowest BCUT2D eigenvalue weighted by Gasteiger charge is -2.13. The molecule has 3 N–H and O–H groups in total. The topological polar surface area (TPSA) is 73.1 Å². The minimum absolute atomic E-state index is 0.144. The normalized spacial score (nSPS) is 12.5. The monoisotopic (exact) mass is 216 g/mol. The first-order valence-electron chi connectivity index (χ1n) is 4.17. The Bertz CT molecular complexity index is 287. The number of hydrogen-bond acceptors (Lipinski definition) is 5. The van der Waals surface area contributed by atoms with Gasteiger partial charge in [-0.25, -0.2) is 4.98 Å². The summed E-state index contributed by atoms with van der Waals surface area (Å²) in [5.74, 6) is 0.761. The Morgan fingerprint density at radius 2 is 2.36 bits per heavy atom. The zero-order valence-electron chi connectivity index (χ0n) is 8.12. The Hall–Kier alpha value is -1.07. The molecular formula is C8H13ClN4O. The summed E-state index contributed by atoms with van der Waals surface area (Å²) in [6.07, 6.45) is 0. The molecule has 0 saturated heterocycles. The van der Waals surface area contributed by atoms with Crippen molar-refractivity contribution in [2.45, 2.75) is 13.0 Å². The number of nitrogen functional groups attached to an aromatic ring is 1. The second-order valence-electron chi connectivity index (χ2n) is 2.93. The summed E-state index contributed by atoms with van der Waals surface area (Å²) in [4.78, 5) is 7.72. The van der Waals surface area contributed by atoms with Crippen LogP contribution in [0.2, 0.25) is 5.15 Å². The molecule has 5 nitrogen and oxygen atoms in total. The number of hydrogen-bond donors (Lipinski definition) is 2. The zero-order chi connectivity index (χ0) is 10.6. The van der Waals surface area contributed by atoms with E-state index in [4.69, 9.17) is 22.1 Å². The molecule has 1 aromatic heterocycles. The first-order valence-corrected chi connectivity index (χ1v) is 4.55. The number of nitrogens with one attached hydrogen (secondary N) is 1. The van der Waals surface area contributed by atoms with Crippen LogP contribution in [0.25, 0.3) is 0 Å². The molecule has 0 bridgehead atoms. The highest BCUT2D eigenvalue weighted by Gasteiger charge is 2.04. The maximum absolute atomic E-state index is 5.71. The van der Waals surface area contributed by atoms with Crippen LogP contribution < -0.4 is 11.1 Å². The number of ether oxygens (including phenoxy) is 1. The van der Waals surface area contributed by atoms with E-state index >= 15 is 0 Å². The van der Waals surface area contributed by atoms with Gasteiger partial charge in [0.1, 0.15) is 11.0 Å². The lowest BCUT2D eigenvalue weighted by atomic mass is 10.3. The Kier molecular flexibility index (Phi) is 3.91. The van der Waals surface area contributed by atoms with Crippen LogP contribution in [0.1, 0.15) is 6.92 Å². The number of anilines is 2. The molecular weight excluding hydrogens is 204 g/mol. The van der Waals surface area contributed by atoms with Gasteiger partial charge in [0.05, 0.1) is 6.61 Å². The minimum Gasteiger partial charge on any atom is -0.383 e. The summed E-state index contributed by atoms with van der Waals surface area (Å²) >= 11 is 5.71. The second kappa shape index (κ2) is 4.97. The van der Waals surface area contributed by atoms with Crippen LogP contribution in [0.15, 0.2) is 6.07 Å². The van der Waals surface area contributed by atoms with Gasteiger partial charge in [-0.05, 0) is 6.92 Å². The maximum atomic E-state index is 5.71. The summed E-state index contributed by atoms with van der Waals surface area (Å²) in [5, 5.41) is 3.41. The van der Waals surface area contributed by atoms with Crippen molar-refractivity contribution in [3.05, 3.63) is 11.2 Å². The summed E-state index contributed by atoms with van der Waals surface area (Å²) in [6, 6.07) is 1.76. The molecule has 0 aliphatic carbocycles. The van der Waals surface area contributed by atoms with Crippen molar-refractivity contribution in [2.75, 3.05) is 24.8 Å². The zero-order valence-corrected chi connectivity index (χ0v) is 8.88. The van der Waals surface area contributed by atoms with Gasteiger partial charge in [-0.1, -0.05) is 11.6 Å². The highest BCUT2D eigenvalue weighted by molar-refractivity contribution is 6.29. The van der Waals surface area contributed by atoms with E-state index in [2.05, 4.69) is 15.3 Å². The molecule has 1 rings (SSSR count). The molecule has 0 saturated carbocycles. The summed E-state index contributed by atoms with van der Waals surface area (Å²) in [6.45, 7) is 2.55. The third kappa shape index (κ3) is 3.35. The van der Waals surface area contributed by atoms with Gasteiger partial charge in [-0.3, -0.25) is 0 Å². The molecule has 0 fully saturated rings. The summed E-state index contributed by atoms with van der Waals surface area (Å²) in [7, 11) is 1.64. The summed E-state index contributed by atoms with van der Waals surface area (Å²) < 4.78 is 4.97. The number of nitrogens with zero attached hydrogens (tertiary/aromatic N) is 2. The molecule has 0 radical (unpaired) electrons. The molecule has 0 aliphatic rings. The summed E-state index contributed by atoms with van der Waals surface area (Å²) in [5.41, 5.74) is 5.43. The van der Waals surface area contributed by atoms with Crippen LogP contribution in [0.4, 0.5) is 11.8 Å². The number of aromatic nitrogens is 2. The molecule has 1 atom stereocenters. The van der Waals surface area contributed by atoms with Gasteiger partial charge < -0.3 is 15.8 Å². The average Bonchev–Trinajstić information content (AvgIpc) is 2.01. The fourth-order valence-electron chi connectivity index (χ4n) is 1.05. The van der Waals surface area contributed by atoms with E-state index in [0.717, 1.165) is 0 Å². The van der Waals surface area contributed by atoms with E-state index in [1.54, 1.807) is 13.2 Å². The van der Waals surface area contributed by atoms with Crippen LogP contribution in [0.5, 0.6) is 0 Å². The molecule has 0 aliphatic heterocycles. The lowest BCUT2D eigenvalue weighted by Crippen LogP contribution is -2.21. The van der Waals surface area contributed by atoms with E-state index < -0.39 is 0 Å². The largest absolute Gasteiger partial charge is 0.383 e. The third-order valence-electron chi connectivity index (χ3n) is 1.52. The van der Waals surface area contributed by atoms with Gasteiger partial charge in [-0.15, -0.1) is 0 Å². The van der Waals surface area contributed by atoms with Gasteiger partial charge in [0.25, 0.3) is 0 Å². The van der Waals surface area contributed by atoms with Gasteiger partial charge >= 0.3 is 0 Å². The lowest BCUT2D eigenvalue weighted by molar-refractivity contribution is 0.190. The third-order valence-corrected chi connectivity index (χ3v) is 1.72. The van der Waals surface area contributed by atoms with Gasteiger partial charge in [0, 0.05) is 19.2 Å². The van der Waals surface area contributed by atoms with Gasteiger partial charge in [-0.2, -0.15) is 4.98 Å². The van der Waals surface area contributed by atoms with Crippen molar-refractivity contribution in [3.8, 4) is 0 Å². The standard InChI is InChI=1S/C8H13ClN4O/c1-5(4-14-2)11-7-3-6(9)12-8(10)13-7/h3,5H,4H2,1-2H3,(H3,10,11,12,13)/t5-/m1/s1. The van der Waals surface area contributed by atoms with Crippen LogP contribution in [0, 0.1) is 0 Å². The number of methoxy groups -OCH3 is 1. The van der Waals surface area contributed by atoms with Crippen molar-refractivity contribution in [1.82, 2.24) is 9.97 Å². The van der Waals surface area contributed by atoms with Gasteiger partial charge in [0.2, 0.25) is 5.95 Å². The van der Waals surface area contributed by atoms with E-state index in [0.29, 0.717) is 17.6 Å². The van der Waals surface area contributed by atoms with Crippen molar-refractivity contribution >= 4 is 23.4 Å². The first-order chi connectivity index (χ1) is 6.61. The quantitative estimate of drug-likeness (QED) is 0.739. The van der Waals surface area contributed by atoms with Crippen LogP contribution in [-0.4, -0.2) is 29.7 Å². The Morgan fingerprint density at radius 1 is 1.64 bits per heavy atom. The van der Waals surface area contributed by atoms with Crippen molar-refractivity contribution in [2.24, 2.45) is 0 Å². The van der Waals surface area contributed by atoms with Crippen molar-refractivity contribution < 1.29 is 4.74 Å². The fraction of sp³-hybridized carbons (Fsp3) is 0.500. The molecule has 0 spiro atoms. The first kappa shape index (κ1) is 11.0. The van der Waals surface area contributed by atoms with Crippen molar-refractivity contribution in [3.63, 3.8) is 0 Å². The Morgan fingerprint density at radius 3 is 2.93 bits per heavy atom. The molecule has 0 unspecified atom stereocenters. The highest BCUT2D eigenvalue weighted by atomic mass is 35.5. The minimum atomic E-state index is 0.144. The number of nitrogens with two attached hydrogens (primary N) is 1. The number of halogens is 1. The Balaban J connectivity index is 2.66. The Labute approximate surface area is 87.6 Å². The molecule has 0 amide bonds. The molecule has 78 valence electrons. The molecule has 1 aromatic rings. The second-order valence-corrected chi connectivity index (χ2v) is 3.32. The molecule has 14 heavy (non-hydrogen) atoms. The number of rotatable bonds is 4.